The highest BCUT2D eigenvalue weighted by Gasteiger charge is 2.14. The second kappa shape index (κ2) is 7.28. The summed E-state index contributed by atoms with van der Waals surface area (Å²) in [6, 6.07) is 16.9. The molecule has 22 heavy (non-hydrogen) atoms. The van der Waals surface area contributed by atoms with Crippen molar-refractivity contribution in [2.75, 3.05) is 32.8 Å². The predicted octanol–water partition coefficient (Wildman–Crippen LogP) is 4.44. The Bertz CT molecular complexity index is 588. The van der Waals surface area contributed by atoms with Crippen LogP contribution in [0.15, 0.2) is 48.5 Å². The normalized spacial score (nSPS) is 17.4. The van der Waals surface area contributed by atoms with Crippen LogP contribution in [0.2, 0.25) is 5.02 Å². The summed E-state index contributed by atoms with van der Waals surface area (Å²) in [5, 5.41) is 0.777. The summed E-state index contributed by atoms with van der Waals surface area (Å²) in [7, 11) is 0. The molecule has 1 fully saturated rings. The van der Waals surface area contributed by atoms with Crippen molar-refractivity contribution in [2.45, 2.75) is 12.8 Å². The van der Waals surface area contributed by atoms with E-state index < -0.39 is 0 Å². The average molecular weight is 316 g/mol. The van der Waals surface area contributed by atoms with Gasteiger partial charge in [-0.2, -0.15) is 0 Å². The summed E-state index contributed by atoms with van der Waals surface area (Å²) < 4.78 is 5.41. The largest absolute Gasteiger partial charge is 0.379 e. The minimum Gasteiger partial charge on any atom is -0.379 e. The van der Waals surface area contributed by atoms with E-state index in [9.17, 15) is 0 Å². The van der Waals surface area contributed by atoms with Gasteiger partial charge >= 0.3 is 0 Å². The van der Waals surface area contributed by atoms with Crippen molar-refractivity contribution < 1.29 is 4.74 Å². The van der Waals surface area contributed by atoms with Crippen LogP contribution in [-0.4, -0.2) is 37.7 Å². The van der Waals surface area contributed by atoms with Crippen LogP contribution in [0.1, 0.15) is 18.4 Å². The molecule has 0 spiro atoms. The molecule has 1 heterocycles. The van der Waals surface area contributed by atoms with E-state index in [2.05, 4.69) is 48.2 Å². The number of benzene rings is 2. The van der Waals surface area contributed by atoms with E-state index in [0.29, 0.717) is 5.92 Å². The maximum atomic E-state index is 5.94. The monoisotopic (exact) mass is 315 g/mol. The smallest absolute Gasteiger partial charge is 0.0594 e. The molecule has 1 saturated heterocycles. The molecule has 116 valence electrons. The SMILES string of the molecule is CC(CN1CCOCC1)c1ccc(-c2ccc(Cl)cc2)cc1. The first-order valence-electron chi connectivity index (χ1n) is 7.88. The lowest BCUT2D eigenvalue weighted by molar-refractivity contribution is 0.0357. The highest BCUT2D eigenvalue weighted by molar-refractivity contribution is 6.30. The number of ether oxygens (including phenoxy) is 1. The molecule has 3 rings (SSSR count). The van der Waals surface area contributed by atoms with Gasteiger partial charge in [-0.05, 0) is 34.7 Å². The van der Waals surface area contributed by atoms with Gasteiger partial charge in [0.05, 0.1) is 13.2 Å². The van der Waals surface area contributed by atoms with Crippen molar-refractivity contribution in [2.24, 2.45) is 0 Å². The molecule has 2 aromatic rings. The molecule has 1 aliphatic heterocycles. The van der Waals surface area contributed by atoms with Gasteiger partial charge in [-0.3, -0.25) is 4.90 Å². The summed E-state index contributed by atoms with van der Waals surface area (Å²) >= 11 is 5.94. The summed E-state index contributed by atoms with van der Waals surface area (Å²) in [5.41, 5.74) is 3.83. The van der Waals surface area contributed by atoms with E-state index in [1.54, 1.807) is 0 Å². The molecule has 2 nitrogen and oxygen atoms in total. The molecule has 1 unspecified atom stereocenters. The van der Waals surface area contributed by atoms with Crippen LogP contribution in [0.3, 0.4) is 0 Å². The average Bonchev–Trinajstić information content (AvgIpc) is 2.57. The number of morpholine rings is 1. The minimum atomic E-state index is 0.539. The van der Waals surface area contributed by atoms with E-state index in [1.165, 1.54) is 16.7 Å². The fraction of sp³-hybridized carbons (Fsp3) is 0.368. The van der Waals surface area contributed by atoms with E-state index in [1.807, 2.05) is 12.1 Å². The summed E-state index contributed by atoms with van der Waals surface area (Å²) in [6.07, 6.45) is 0. The maximum Gasteiger partial charge on any atom is 0.0594 e. The van der Waals surface area contributed by atoms with E-state index in [4.69, 9.17) is 16.3 Å². The van der Waals surface area contributed by atoms with Crippen molar-refractivity contribution in [3.05, 3.63) is 59.1 Å². The van der Waals surface area contributed by atoms with E-state index in [0.717, 1.165) is 37.9 Å². The van der Waals surface area contributed by atoms with Gasteiger partial charge in [0, 0.05) is 24.7 Å². The molecule has 0 amide bonds. The molecule has 0 saturated carbocycles. The third-order valence-corrected chi connectivity index (χ3v) is 4.55. The van der Waals surface area contributed by atoms with Gasteiger partial charge in [-0.15, -0.1) is 0 Å². The lowest BCUT2D eigenvalue weighted by atomic mass is 9.97. The molecule has 0 N–H and O–H groups in total. The quantitative estimate of drug-likeness (QED) is 0.827. The predicted molar refractivity (Wildman–Crippen MR) is 92.6 cm³/mol. The van der Waals surface area contributed by atoms with Crippen LogP contribution < -0.4 is 0 Å². The summed E-state index contributed by atoms with van der Waals surface area (Å²) in [5.74, 6) is 0.539. The molecular formula is C19H22ClNO. The van der Waals surface area contributed by atoms with E-state index >= 15 is 0 Å². The Morgan fingerprint density at radius 3 is 2.09 bits per heavy atom. The number of halogens is 1. The van der Waals surface area contributed by atoms with Crippen LogP contribution in [0, 0.1) is 0 Å². The second-order valence-corrected chi connectivity index (χ2v) is 6.38. The van der Waals surface area contributed by atoms with Crippen LogP contribution in [-0.2, 0) is 4.74 Å². The molecule has 0 radical (unpaired) electrons. The van der Waals surface area contributed by atoms with Gasteiger partial charge in [0.25, 0.3) is 0 Å². The number of nitrogens with zero attached hydrogens (tertiary/aromatic N) is 1. The summed E-state index contributed by atoms with van der Waals surface area (Å²) in [6.45, 7) is 7.22. The van der Waals surface area contributed by atoms with Crippen LogP contribution in [0.4, 0.5) is 0 Å². The third kappa shape index (κ3) is 3.89. The first kappa shape index (κ1) is 15.5. The van der Waals surface area contributed by atoms with E-state index in [-0.39, 0.29) is 0 Å². The van der Waals surface area contributed by atoms with Crippen molar-refractivity contribution >= 4 is 11.6 Å². The van der Waals surface area contributed by atoms with Gasteiger partial charge in [0.15, 0.2) is 0 Å². The first-order valence-corrected chi connectivity index (χ1v) is 8.26. The molecule has 2 aromatic carbocycles. The van der Waals surface area contributed by atoms with Gasteiger partial charge in [0.2, 0.25) is 0 Å². The lowest BCUT2D eigenvalue weighted by Crippen LogP contribution is -2.38. The molecule has 3 heteroatoms. The fourth-order valence-electron chi connectivity index (χ4n) is 2.92. The van der Waals surface area contributed by atoms with Crippen LogP contribution in [0.25, 0.3) is 11.1 Å². The molecule has 0 bridgehead atoms. The third-order valence-electron chi connectivity index (χ3n) is 4.29. The Morgan fingerprint density at radius 1 is 0.955 bits per heavy atom. The minimum absolute atomic E-state index is 0.539. The lowest BCUT2D eigenvalue weighted by Gasteiger charge is -2.29. The molecular weight excluding hydrogens is 294 g/mol. The van der Waals surface area contributed by atoms with Crippen molar-refractivity contribution in [1.29, 1.82) is 0 Å². The molecule has 0 aromatic heterocycles. The van der Waals surface area contributed by atoms with Crippen LogP contribution >= 0.6 is 11.6 Å². The zero-order chi connectivity index (χ0) is 15.4. The Morgan fingerprint density at radius 2 is 1.50 bits per heavy atom. The standard InChI is InChI=1S/C19H22ClNO/c1-15(14-21-10-12-22-13-11-21)16-2-4-17(5-3-16)18-6-8-19(20)9-7-18/h2-9,15H,10-14H2,1H3. The Kier molecular flexibility index (Phi) is 5.14. The maximum absolute atomic E-state index is 5.94. The zero-order valence-corrected chi connectivity index (χ0v) is 13.7. The highest BCUT2D eigenvalue weighted by atomic mass is 35.5. The molecule has 1 atom stereocenters. The number of hydrogen-bond donors (Lipinski definition) is 0. The first-order chi connectivity index (χ1) is 10.7. The molecule has 0 aliphatic carbocycles. The fourth-order valence-corrected chi connectivity index (χ4v) is 3.05. The number of rotatable bonds is 4. The van der Waals surface area contributed by atoms with Gasteiger partial charge in [-0.1, -0.05) is 54.9 Å². The van der Waals surface area contributed by atoms with Crippen molar-refractivity contribution in [1.82, 2.24) is 4.90 Å². The van der Waals surface area contributed by atoms with Gasteiger partial charge in [0.1, 0.15) is 0 Å². The zero-order valence-electron chi connectivity index (χ0n) is 13.0. The van der Waals surface area contributed by atoms with Gasteiger partial charge in [-0.25, -0.2) is 0 Å². The van der Waals surface area contributed by atoms with Crippen molar-refractivity contribution in [3.8, 4) is 11.1 Å². The Hall–Kier alpha value is -1.35. The van der Waals surface area contributed by atoms with Crippen LogP contribution in [0.5, 0.6) is 0 Å². The summed E-state index contributed by atoms with van der Waals surface area (Å²) in [4.78, 5) is 2.49. The molecule has 1 aliphatic rings. The Labute approximate surface area is 137 Å². The number of hydrogen-bond acceptors (Lipinski definition) is 2. The van der Waals surface area contributed by atoms with Crippen molar-refractivity contribution in [3.63, 3.8) is 0 Å². The Balaban J connectivity index is 1.66. The second-order valence-electron chi connectivity index (χ2n) is 5.94. The van der Waals surface area contributed by atoms with Gasteiger partial charge < -0.3 is 4.74 Å². The topological polar surface area (TPSA) is 12.5 Å². The highest BCUT2D eigenvalue weighted by Crippen LogP contribution is 2.24.